The molecule has 0 radical (unpaired) electrons. The minimum atomic E-state index is -0.0343. The monoisotopic (exact) mass is 390 g/mol. The maximum absolute atomic E-state index is 10.7. The minimum absolute atomic E-state index is 0.0243. The Kier molecular flexibility index (Phi) is 3.30. The van der Waals surface area contributed by atoms with E-state index in [2.05, 4.69) is 29.3 Å². The number of nitrogens with zero attached hydrogens (tertiary/aromatic N) is 2. The maximum atomic E-state index is 10.7. The third kappa shape index (κ3) is 2.06. The number of aromatic hydroxyl groups is 2. The smallest absolute Gasteiger partial charge is 0.165 e. The molecule has 0 bridgehead atoms. The van der Waals surface area contributed by atoms with Gasteiger partial charge in [-0.05, 0) is 83.4 Å². The predicted molar refractivity (Wildman–Crippen MR) is 110 cm³/mol. The molecule has 0 saturated heterocycles. The van der Waals surface area contributed by atoms with Gasteiger partial charge in [-0.1, -0.05) is 12.1 Å². The van der Waals surface area contributed by atoms with Crippen LogP contribution in [0.5, 0.6) is 11.5 Å². The van der Waals surface area contributed by atoms with Crippen molar-refractivity contribution in [3.8, 4) is 22.6 Å². The molecule has 1 aliphatic heterocycles. The summed E-state index contributed by atoms with van der Waals surface area (Å²) in [5.41, 5.74) is 11.3. The van der Waals surface area contributed by atoms with Crippen LogP contribution in [-0.2, 0) is 25.7 Å². The van der Waals surface area contributed by atoms with E-state index in [1.807, 2.05) is 6.07 Å². The fourth-order valence-electron chi connectivity index (χ4n) is 5.48. The topological polar surface area (TPSA) is 56.6 Å². The van der Waals surface area contributed by atoms with Gasteiger partial charge in [0.1, 0.15) is 0 Å². The van der Waals surface area contributed by atoms with Gasteiger partial charge in [0, 0.05) is 35.9 Å². The van der Waals surface area contributed by atoms with Crippen molar-refractivity contribution in [1.29, 1.82) is 0 Å². The largest absolute Gasteiger partial charge is 0.504 e. The van der Waals surface area contributed by atoms with E-state index in [1.165, 1.54) is 32.7 Å². The van der Waals surface area contributed by atoms with E-state index < -0.39 is 0 Å². The van der Waals surface area contributed by atoms with Crippen LogP contribution in [-0.4, -0.2) is 33.1 Å². The van der Waals surface area contributed by atoms with Crippen LogP contribution in [0.25, 0.3) is 11.1 Å². The molecular formula is C23H22N2O2S. The number of likely N-dealkylation sites (N-methyl/N-ethyl adjacent to an activating group) is 1. The molecule has 142 valence electrons. The number of aromatic nitrogens is 1. The average molecular weight is 391 g/mol. The van der Waals surface area contributed by atoms with Crippen LogP contribution < -0.4 is 0 Å². The summed E-state index contributed by atoms with van der Waals surface area (Å²) in [6.07, 6.45) is 3.82. The van der Waals surface area contributed by atoms with Crippen molar-refractivity contribution in [2.45, 2.75) is 38.6 Å². The van der Waals surface area contributed by atoms with E-state index in [0.717, 1.165) is 54.6 Å². The van der Waals surface area contributed by atoms with E-state index in [1.54, 1.807) is 17.6 Å². The third-order valence-electron chi connectivity index (χ3n) is 6.96. The second kappa shape index (κ2) is 5.58. The first-order chi connectivity index (χ1) is 13.5. The van der Waals surface area contributed by atoms with Gasteiger partial charge in [-0.15, -0.1) is 0 Å². The van der Waals surface area contributed by atoms with Gasteiger partial charge in [0.25, 0.3) is 0 Å². The molecular weight excluding hydrogens is 368 g/mol. The molecule has 1 atom stereocenters. The second-order valence-corrected chi connectivity index (χ2v) is 9.25. The van der Waals surface area contributed by atoms with Gasteiger partial charge in [0.2, 0.25) is 0 Å². The molecule has 3 aromatic rings. The molecule has 4 nitrogen and oxygen atoms in total. The van der Waals surface area contributed by atoms with E-state index in [4.69, 9.17) is 0 Å². The predicted octanol–water partition coefficient (Wildman–Crippen LogP) is 4.11. The van der Waals surface area contributed by atoms with Crippen molar-refractivity contribution < 1.29 is 10.2 Å². The SMILES string of the molecule is Cc1nsc2c1Cc1cc3c4c(c1C2)CCN(C)[C@@H]4Cc1ccc(O)c(O)c1-3. The first-order valence-electron chi connectivity index (χ1n) is 9.89. The molecule has 0 saturated carbocycles. The molecule has 0 fully saturated rings. The van der Waals surface area contributed by atoms with Crippen molar-refractivity contribution in [1.82, 2.24) is 9.27 Å². The highest BCUT2D eigenvalue weighted by Gasteiger charge is 2.37. The van der Waals surface area contributed by atoms with Gasteiger partial charge in [-0.2, -0.15) is 4.37 Å². The van der Waals surface area contributed by atoms with Crippen molar-refractivity contribution in [2.75, 3.05) is 13.6 Å². The van der Waals surface area contributed by atoms with Gasteiger partial charge < -0.3 is 10.2 Å². The molecule has 2 N–H and O–H groups in total. The summed E-state index contributed by atoms with van der Waals surface area (Å²) in [5.74, 6) is -0.00999. The highest BCUT2D eigenvalue weighted by atomic mass is 32.1. The molecule has 6 rings (SSSR count). The second-order valence-electron chi connectivity index (χ2n) is 8.40. The van der Waals surface area contributed by atoms with Crippen molar-refractivity contribution in [3.63, 3.8) is 0 Å². The Hall–Kier alpha value is -2.37. The first kappa shape index (κ1) is 16.6. The highest BCUT2D eigenvalue weighted by molar-refractivity contribution is 7.06. The Bertz CT molecular complexity index is 1160. The van der Waals surface area contributed by atoms with Crippen molar-refractivity contribution in [2.24, 2.45) is 0 Å². The van der Waals surface area contributed by atoms with Crippen LogP contribution in [0.15, 0.2) is 18.2 Å². The lowest BCUT2D eigenvalue weighted by Crippen LogP contribution is -2.36. The molecule has 5 heteroatoms. The summed E-state index contributed by atoms with van der Waals surface area (Å²) in [5, 5.41) is 20.9. The van der Waals surface area contributed by atoms with Gasteiger partial charge in [-0.25, -0.2) is 0 Å². The number of hydrogen-bond acceptors (Lipinski definition) is 5. The normalized spacial score (nSPS) is 19.6. The van der Waals surface area contributed by atoms with Gasteiger partial charge in [0.05, 0.1) is 5.69 Å². The summed E-state index contributed by atoms with van der Waals surface area (Å²) in [4.78, 5) is 3.85. The van der Waals surface area contributed by atoms with Gasteiger partial charge in [0.15, 0.2) is 11.5 Å². The Morgan fingerprint density at radius 3 is 2.82 bits per heavy atom. The number of phenols is 2. The Labute approximate surface area is 168 Å². The summed E-state index contributed by atoms with van der Waals surface area (Å²) >= 11 is 1.65. The first-order valence-corrected chi connectivity index (χ1v) is 10.7. The zero-order chi connectivity index (χ0) is 19.2. The molecule has 2 heterocycles. The third-order valence-corrected chi connectivity index (χ3v) is 7.94. The quantitative estimate of drug-likeness (QED) is 0.444. The lowest BCUT2D eigenvalue weighted by molar-refractivity contribution is 0.227. The van der Waals surface area contributed by atoms with Crippen LogP contribution in [0.3, 0.4) is 0 Å². The average Bonchev–Trinajstić information content (AvgIpc) is 3.05. The molecule has 28 heavy (non-hydrogen) atoms. The van der Waals surface area contributed by atoms with Crippen LogP contribution in [0, 0.1) is 6.92 Å². The van der Waals surface area contributed by atoms with Gasteiger partial charge in [-0.3, -0.25) is 4.90 Å². The van der Waals surface area contributed by atoms with Crippen LogP contribution in [0.1, 0.15) is 50.0 Å². The van der Waals surface area contributed by atoms with Crippen LogP contribution >= 0.6 is 11.5 Å². The standard InChI is InChI=1S/C23H22N2O2S/c1-11-15-7-13-8-17-21-12(3-4-19(26)23(21)27)9-18-22(17)14(5-6-25(18)2)16(13)10-20(15)28-24-11/h3-4,8,18,26-27H,5-7,9-10H2,1-2H3/t18-/m1/s1. The summed E-state index contributed by atoms with van der Waals surface area (Å²) < 4.78 is 4.60. The summed E-state index contributed by atoms with van der Waals surface area (Å²) in [6, 6.07) is 6.22. The lowest BCUT2D eigenvalue weighted by Gasteiger charge is -2.42. The van der Waals surface area contributed by atoms with E-state index in [9.17, 15) is 10.2 Å². The zero-order valence-electron chi connectivity index (χ0n) is 16.0. The fraction of sp³-hybridized carbons (Fsp3) is 0.348. The molecule has 0 spiro atoms. The fourth-order valence-corrected chi connectivity index (χ4v) is 6.38. The highest BCUT2D eigenvalue weighted by Crippen LogP contribution is 2.52. The number of rotatable bonds is 0. The molecule has 0 unspecified atom stereocenters. The number of phenolic OH excluding ortho intramolecular Hbond substituents is 2. The van der Waals surface area contributed by atoms with Crippen molar-refractivity contribution in [3.05, 3.63) is 62.2 Å². The van der Waals surface area contributed by atoms with Crippen molar-refractivity contribution >= 4 is 11.5 Å². The van der Waals surface area contributed by atoms with E-state index in [0.29, 0.717) is 6.04 Å². The number of fused-ring (bicyclic) bond motifs is 5. The molecule has 0 amide bonds. The summed E-state index contributed by atoms with van der Waals surface area (Å²) in [6.45, 7) is 3.16. The minimum Gasteiger partial charge on any atom is -0.504 e. The van der Waals surface area contributed by atoms with Crippen LogP contribution in [0.4, 0.5) is 0 Å². The number of hydrogen-bond donors (Lipinski definition) is 2. The molecule has 2 aliphatic carbocycles. The Balaban J connectivity index is 1.66. The lowest BCUT2D eigenvalue weighted by atomic mass is 9.72. The molecule has 2 aromatic carbocycles. The van der Waals surface area contributed by atoms with Gasteiger partial charge >= 0.3 is 0 Å². The number of benzene rings is 2. The van der Waals surface area contributed by atoms with E-state index in [-0.39, 0.29) is 11.5 Å². The molecule has 3 aliphatic rings. The van der Waals surface area contributed by atoms with Crippen LogP contribution in [0.2, 0.25) is 0 Å². The van der Waals surface area contributed by atoms with E-state index >= 15 is 0 Å². The number of aryl methyl sites for hydroxylation is 1. The summed E-state index contributed by atoms with van der Waals surface area (Å²) in [7, 11) is 2.20. The Morgan fingerprint density at radius 2 is 1.96 bits per heavy atom. The molecule has 1 aromatic heterocycles. The maximum Gasteiger partial charge on any atom is 0.165 e. The Morgan fingerprint density at radius 1 is 1.11 bits per heavy atom. The zero-order valence-corrected chi connectivity index (χ0v) is 16.9.